The normalized spacial score (nSPS) is 11.0. The van der Waals surface area contributed by atoms with Crippen molar-refractivity contribution in [3.05, 3.63) is 33.7 Å². The summed E-state index contributed by atoms with van der Waals surface area (Å²) in [7, 11) is 0. The molecular weight excluding hydrogens is 274 g/mol. The van der Waals surface area contributed by atoms with Crippen molar-refractivity contribution >= 4 is 38.4 Å². The molecule has 3 nitrogen and oxygen atoms in total. The van der Waals surface area contributed by atoms with Gasteiger partial charge in [0.25, 0.3) is 0 Å². The third kappa shape index (κ3) is 1.57. The molecule has 0 aromatic carbocycles. The molecule has 15 heavy (non-hydrogen) atoms. The molecule has 0 amide bonds. The molecule has 3 aromatic heterocycles. The van der Waals surface area contributed by atoms with E-state index in [2.05, 4.69) is 47.7 Å². The lowest BCUT2D eigenvalue weighted by molar-refractivity contribution is 1.23. The largest absolute Gasteiger partial charge is 0.338 e. The number of hydrogen-bond donors (Lipinski definition) is 1. The summed E-state index contributed by atoms with van der Waals surface area (Å²) in [4.78, 5) is 11.8. The third-order valence-electron chi connectivity index (χ3n) is 2.14. The van der Waals surface area contributed by atoms with Gasteiger partial charge in [-0.05, 0) is 33.4 Å². The number of nitrogens with zero attached hydrogens (tertiary/aromatic N) is 2. The molecule has 0 saturated heterocycles. The van der Waals surface area contributed by atoms with E-state index in [0.29, 0.717) is 0 Å². The van der Waals surface area contributed by atoms with Crippen LogP contribution in [0, 0.1) is 0 Å². The van der Waals surface area contributed by atoms with E-state index < -0.39 is 0 Å². The first-order valence-electron chi connectivity index (χ1n) is 4.37. The summed E-state index contributed by atoms with van der Waals surface area (Å²) in [6.07, 6.45) is 1.69. The predicted molar refractivity (Wildman–Crippen MR) is 64.9 cm³/mol. The van der Waals surface area contributed by atoms with Gasteiger partial charge in [0.15, 0.2) is 5.65 Å². The molecule has 3 rings (SSSR count). The standard InChI is InChI=1S/C10H6BrN3S/c11-9-4-12-10-8(13-9)3-7(14-10)6-1-2-15-5-6/h1-5H,(H,12,14). The SMILES string of the molecule is Brc1cnc2[nH]c(-c3ccsc3)cc2n1. The molecule has 3 heterocycles. The zero-order chi connectivity index (χ0) is 10.3. The highest BCUT2D eigenvalue weighted by Gasteiger charge is 2.05. The molecule has 0 aliphatic heterocycles. The Kier molecular flexibility index (Phi) is 2.07. The maximum Gasteiger partial charge on any atom is 0.156 e. The van der Waals surface area contributed by atoms with Crippen molar-refractivity contribution in [3.63, 3.8) is 0 Å². The average Bonchev–Trinajstić information content (AvgIpc) is 2.84. The first-order valence-corrected chi connectivity index (χ1v) is 6.10. The van der Waals surface area contributed by atoms with Crippen molar-refractivity contribution < 1.29 is 0 Å². The van der Waals surface area contributed by atoms with Gasteiger partial charge in [0.1, 0.15) is 10.1 Å². The maximum absolute atomic E-state index is 4.33. The Hall–Kier alpha value is -1.20. The summed E-state index contributed by atoms with van der Waals surface area (Å²) in [6.45, 7) is 0. The number of hydrogen-bond acceptors (Lipinski definition) is 3. The summed E-state index contributed by atoms with van der Waals surface area (Å²) in [6, 6.07) is 4.08. The van der Waals surface area contributed by atoms with E-state index in [1.807, 2.05) is 6.07 Å². The maximum atomic E-state index is 4.33. The number of fused-ring (bicyclic) bond motifs is 1. The number of H-pyrrole nitrogens is 1. The average molecular weight is 280 g/mol. The molecule has 5 heteroatoms. The van der Waals surface area contributed by atoms with Crippen LogP contribution in [0.1, 0.15) is 0 Å². The number of aromatic amines is 1. The molecule has 0 fully saturated rings. The molecule has 0 saturated carbocycles. The van der Waals surface area contributed by atoms with E-state index in [4.69, 9.17) is 0 Å². The quantitative estimate of drug-likeness (QED) is 0.741. The van der Waals surface area contributed by atoms with Gasteiger partial charge in [-0.1, -0.05) is 0 Å². The lowest BCUT2D eigenvalue weighted by Crippen LogP contribution is -1.80. The van der Waals surface area contributed by atoms with E-state index in [-0.39, 0.29) is 0 Å². The molecule has 0 aliphatic carbocycles. The highest BCUT2D eigenvalue weighted by molar-refractivity contribution is 9.10. The van der Waals surface area contributed by atoms with Crippen molar-refractivity contribution in [2.75, 3.05) is 0 Å². The van der Waals surface area contributed by atoms with Crippen LogP contribution < -0.4 is 0 Å². The highest BCUT2D eigenvalue weighted by Crippen LogP contribution is 2.24. The summed E-state index contributed by atoms with van der Waals surface area (Å²) < 4.78 is 0.755. The van der Waals surface area contributed by atoms with Gasteiger partial charge in [-0.15, -0.1) is 0 Å². The minimum absolute atomic E-state index is 0.755. The van der Waals surface area contributed by atoms with Gasteiger partial charge in [0.2, 0.25) is 0 Å². The summed E-state index contributed by atoms with van der Waals surface area (Å²) in [5.74, 6) is 0. The van der Waals surface area contributed by atoms with E-state index >= 15 is 0 Å². The predicted octanol–water partition coefficient (Wildman–Crippen LogP) is 3.45. The van der Waals surface area contributed by atoms with Crippen LogP contribution in [0.5, 0.6) is 0 Å². The van der Waals surface area contributed by atoms with Crippen LogP contribution >= 0.6 is 27.3 Å². The molecule has 1 N–H and O–H groups in total. The van der Waals surface area contributed by atoms with Gasteiger partial charge < -0.3 is 4.98 Å². The van der Waals surface area contributed by atoms with Crippen LogP contribution in [-0.4, -0.2) is 15.0 Å². The molecule has 0 bridgehead atoms. The highest BCUT2D eigenvalue weighted by atomic mass is 79.9. The molecule has 74 valence electrons. The molecule has 0 radical (unpaired) electrons. The summed E-state index contributed by atoms with van der Waals surface area (Å²) in [5.41, 5.74) is 3.94. The molecule has 0 unspecified atom stereocenters. The van der Waals surface area contributed by atoms with Crippen molar-refractivity contribution in [2.45, 2.75) is 0 Å². The lowest BCUT2D eigenvalue weighted by Gasteiger charge is -1.88. The van der Waals surface area contributed by atoms with Crippen molar-refractivity contribution in [1.29, 1.82) is 0 Å². The van der Waals surface area contributed by atoms with Crippen LogP contribution in [0.4, 0.5) is 0 Å². The van der Waals surface area contributed by atoms with Crippen LogP contribution in [0.25, 0.3) is 22.4 Å². The van der Waals surface area contributed by atoms with Gasteiger partial charge >= 0.3 is 0 Å². The van der Waals surface area contributed by atoms with Crippen LogP contribution in [-0.2, 0) is 0 Å². The zero-order valence-electron chi connectivity index (χ0n) is 7.57. The number of aromatic nitrogens is 3. The second-order valence-corrected chi connectivity index (χ2v) is 4.71. The zero-order valence-corrected chi connectivity index (χ0v) is 9.97. The van der Waals surface area contributed by atoms with Crippen LogP contribution in [0.2, 0.25) is 0 Å². The summed E-state index contributed by atoms with van der Waals surface area (Å²) >= 11 is 4.98. The topological polar surface area (TPSA) is 41.6 Å². The van der Waals surface area contributed by atoms with Gasteiger partial charge in [-0.25, -0.2) is 9.97 Å². The fraction of sp³-hybridized carbons (Fsp3) is 0. The van der Waals surface area contributed by atoms with E-state index in [0.717, 1.165) is 21.5 Å². The van der Waals surface area contributed by atoms with Gasteiger partial charge in [0, 0.05) is 10.9 Å². The first kappa shape index (κ1) is 9.06. The Morgan fingerprint density at radius 1 is 1.40 bits per heavy atom. The third-order valence-corrected chi connectivity index (χ3v) is 3.20. The second-order valence-electron chi connectivity index (χ2n) is 3.12. The number of rotatable bonds is 1. The molecular formula is C10H6BrN3S. The van der Waals surface area contributed by atoms with Crippen LogP contribution in [0.3, 0.4) is 0 Å². The van der Waals surface area contributed by atoms with E-state index in [1.165, 1.54) is 5.56 Å². The molecule has 0 aliphatic rings. The van der Waals surface area contributed by atoms with Crippen molar-refractivity contribution in [1.82, 2.24) is 15.0 Å². The fourth-order valence-corrected chi connectivity index (χ4v) is 2.40. The molecule has 3 aromatic rings. The Labute approximate surface area is 98.3 Å². The second kappa shape index (κ2) is 3.43. The Bertz CT molecular complexity index is 600. The van der Waals surface area contributed by atoms with Gasteiger partial charge in [-0.3, -0.25) is 0 Å². The molecule has 0 atom stereocenters. The van der Waals surface area contributed by atoms with Crippen molar-refractivity contribution in [3.8, 4) is 11.3 Å². The number of thiophene rings is 1. The Morgan fingerprint density at radius 3 is 3.13 bits per heavy atom. The minimum atomic E-state index is 0.755. The molecule has 0 spiro atoms. The summed E-state index contributed by atoms with van der Waals surface area (Å²) in [5, 5.41) is 4.15. The van der Waals surface area contributed by atoms with Gasteiger partial charge in [0.05, 0.1) is 11.9 Å². The number of nitrogens with one attached hydrogen (secondary N) is 1. The van der Waals surface area contributed by atoms with Crippen molar-refractivity contribution in [2.24, 2.45) is 0 Å². The number of halogens is 1. The van der Waals surface area contributed by atoms with Crippen LogP contribution in [0.15, 0.2) is 33.7 Å². The first-order chi connectivity index (χ1) is 7.33. The Morgan fingerprint density at radius 2 is 2.33 bits per heavy atom. The monoisotopic (exact) mass is 279 g/mol. The fourth-order valence-electron chi connectivity index (χ4n) is 1.45. The smallest absolute Gasteiger partial charge is 0.156 e. The lowest BCUT2D eigenvalue weighted by atomic mass is 10.2. The van der Waals surface area contributed by atoms with E-state index in [9.17, 15) is 0 Å². The Balaban J connectivity index is 2.22. The van der Waals surface area contributed by atoms with E-state index in [1.54, 1.807) is 17.5 Å². The van der Waals surface area contributed by atoms with Gasteiger partial charge in [-0.2, -0.15) is 11.3 Å². The minimum Gasteiger partial charge on any atom is -0.338 e.